The summed E-state index contributed by atoms with van der Waals surface area (Å²) >= 11 is 0. The van der Waals surface area contributed by atoms with Crippen LogP contribution in [0.4, 0.5) is 0 Å². The van der Waals surface area contributed by atoms with Gasteiger partial charge in [-0.1, -0.05) is 25.7 Å². The first-order chi connectivity index (χ1) is 22.3. The number of ether oxygens (including phenoxy) is 1. The van der Waals surface area contributed by atoms with E-state index in [1.807, 2.05) is 37.1 Å². The molecule has 1 spiro atoms. The van der Waals surface area contributed by atoms with Gasteiger partial charge >= 0.3 is 0 Å². The first-order valence-electron chi connectivity index (χ1n) is 17.2. The smallest absolute Gasteiger partial charge is 0.254 e. The van der Waals surface area contributed by atoms with Gasteiger partial charge in [0.25, 0.3) is 5.91 Å². The van der Waals surface area contributed by atoms with Gasteiger partial charge in [0.2, 0.25) is 5.91 Å². The number of nitrogens with two attached hydrogens (primary N) is 1. The number of hydrogen-bond donors (Lipinski definition) is 2. The number of carbonyl (C=O) groups excluding carboxylic acids is 2. The Hall–Kier alpha value is -3.92. The van der Waals surface area contributed by atoms with Gasteiger partial charge in [0.1, 0.15) is 16.9 Å². The molecule has 3 N–H and O–H groups in total. The minimum Gasteiger partial charge on any atom is -0.494 e. The molecule has 1 saturated carbocycles. The van der Waals surface area contributed by atoms with Gasteiger partial charge in [-0.25, -0.2) is 9.97 Å². The number of nitrogens with zero attached hydrogens (tertiary/aromatic N) is 5. The standard InChI is InChI=1S/C36H45N7O3/c1-21-26-11-9-22-18-29(42(32(22)39-26)16-8-6-4-5-7-13-36(14-15-36)35(45)38-21)33-40-27-17-23(19-30(46-3)31(27)41(33)2)34(44)43-24-10-12-28(43)25(37)20-24/h9,11,17-19,21,24-25,28H,4-8,10,12-16,20,37H2,1-3H3,(H,38,45)/t21-,24+,25-,28-/m1/s1. The fraction of sp³-hybridized carbons (Fsp3) is 0.556. The number of imidazole rings is 1. The third-order valence-electron chi connectivity index (χ3n) is 11.4. The minimum absolute atomic E-state index is 0.0106. The zero-order chi connectivity index (χ0) is 31.7. The highest BCUT2D eigenvalue weighted by atomic mass is 16.5. The lowest BCUT2D eigenvalue weighted by molar-refractivity contribution is -0.127. The Labute approximate surface area is 269 Å². The number of methoxy groups -OCH3 is 1. The summed E-state index contributed by atoms with van der Waals surface area (Å²) in [5, 5.41) is 4.33. The van der Waals surface area contributed by atoms with Crippen LogP contribution in [0.15, 0.2) is 30.3 Å². The second kappa shape index (κ2) is 11.1. The molecule has 3 fully saturated rings. The third kappa shape index (κ3) is 4.70. The highest BCUT2D eigenvalue weighted by Crippen LogP contribution is 2.50. The van der Waals surface area contributed by atoms with Gasteiger partial charge in [0, 0.05) is 48.1 Å². The van der Waals surface area contributed by atoms with Crippen molar-refractivity contribution in [2.24, 2.45) is 18.2 Å². The maximum absolute atomic E-state index is 13.8. The lowest BCUT2D eigenvalue weighted by atomic mass is 9.96. The van der Waals surface area contributed by atoms with Crippen molar-refractivity contribution in [2.45, 2.75) is 108 Å². The molecule has 0 radical (unpaired) electrons. The number of nitrogens with one attached hydrogen (secondary N) is 1. The van der Waals surface area contributed by atoms with Gasteiger partial charge in [0.05, 0.1) is 30.1 Å². The Kier molecular flexibility index (Phi) is 7.12. The summed E-state index contributed by atoms with van der Waals surface area (Å²) in [5.41, 5.74) is 11.1. The molecule has 0 unspecified atom stereocenters. The molecule has 1 aliphatic carbocycles. The lowest BCUT2D eigenvalue weighted by Crippen LogP contribution is -2.40. The fourth-order valence-electron chi connectivity index (χ4n) is 8.54. The summed E-state index contributed by atoms with van der Waals surface area (Å²) in [6, 6.07) is 10.3. The van der Waals surface area contributed by atoms with Crippen LogP contribution in [-0.4, -0.2) is 61.1 Å². The molecule has 2 amide bonds. The zero-order valence-corrected chi connectivity index (χ0v) is 27.2. The molecule has 3 aliphatic heterocycles. The number of rotatable bonds is 3. The summed E-state index contributed by atoms with van der Waals surface area (Å²) in [5.74, 6) is 1.62. The van der Waals surface area contributed by atoms with Gasteiger partial charge in [-0.2, -0.15) is 0 Å². The summed E-state index contributed by atoms with van der Waals surface area (Å²) in [4.78, 5) is 39.4. The topological polar surface area (TPSA) is 120 Å². The first kappa shape index (κ1) is 29.5. The number of aryl methyl sites for hydroxylation is 2. The van der Waals surface area contributed by atoms with E-state index in [2.05, 4.69) is 26.6 Å². The monoisotopic (exact) mass is 623 g/mol. The molecular weight excluding hydrogens is 578 g/mol. The van der Waals surface area contributed by atoms with Crippen molar-refractivity contribution in [3.63, 3.8) is 0 Å². The SMILES string of the molecule is COc1cc(C(=O)N2[C@H]3CC[C@@H]2[C@H](N)C3)cc2nc(-c3cc4ccc5nc4n3CCCCCCCC3(CC3)C(=O)N[C@@H]5C)n(C)c12. The zero-order valence-electron chi connectivity index (χ0n) is 27.2. The molecule has 4 atom stereocenters. The van der Waals surface area contributed by atoms with Crippen molar-refractivity contribution >= 4 is 33.9 Å². The lowest BCUT2D eigenvalue weighted by Gasteiger charge is -2.23. The van der Waals surface area contributed by atoms with Crippen molar-refractivity contribution in [1.29, 1.82) is 0 Å². The van der Waals surface area contributed by atoms with Crippen LogP contribution in [0, 0.1) is 5.41 Å². The van der Waals surface area contributed by atoms with Crippen molar-refractivity contribution in [2.75, 3.05) is 7.11 Å². The highest BCUT2D eigenvalue weighted by molar-refractivity contribution is 6.00. The van der Waals surface area contributed by atoms with E-state index in [1.54, 1.807) is 7.11 Å². The number of fused-ring (bicyclic) bond motifs is 4. The maximum atomic E-state index is 13.8. The summed E-state index contributed by atoms with van der Waals surface area (Å²) in [6.45, 7) is 2.86. The Morgan fingerprint density at radius 2 is 1.85 bits per heavy atom. The summed E-state index contributed by atoms with van der Waals surface area (Å²) in [7, 11) is 3.66. The van der Waals surface area contributed by atoms with Crippen molar-refractivity contribution in [1.82, 2.24) is 29.3 Å². The van der Waals surface area contributed by atoms with Crippen LogP contribution in [0.25, 0.3) is 33.6 Å². The van der Waals surface area contributed by atoms with Gasteiger partial charge in [-0.05, 0) is 82.2 Å². The van der Waals surface area contributed by atoms with E-state index in [4.69, 9.17) is 20.4 Å². The van der Waals surface area contributed by atoms with E-state index in [9.17, 15) is 9.59 Å². The van der Waals surface area contributed by atoms with E-state index in [-0.39, 0.29) is 41.4 Å². The quantitative estimate of drug-likeness (QED) is 0.306. The van der Waals surface area contributed by atoms with Crippen LogP contribution in [-0.2, 0) is 18.4 Å². The van der Waals surface area contributed by atoms with E-state index in [1.165, 1.54) is 0 Å². The Bertz CT molecular complexity index is 1850. The highest BCUT2D eigenvalue weighted by Gasteiger charge is 2.49. The predicted octanol–water partition coefficient (Wildman–Crippen LogP) is 5.61. The molecule has 4 aliphatic rings. The van der Waals surface area contributed by atoms with E-state index in [0.29, 0.717) is 11.3 Å². The van der Waals surface area contributed by atoms with Crippen molar-refractivity contribution in [3.8, 4) is 17.3 Å². The second-order valence-electron chi connectivity index (χ2n) is 14.3. The third-order valence-corrected chi connectivity index (χ3v) is 11.4. The molecule has 2 saturated heterocycles. The average Bonchev–Trinajstić information content (AvgIpc) is 3.27. The predicted molar refractivity (Wildman–Crippen MR) is 177 cm³/mol. The van der Waals surface area contributed by atoms with Gasteiger partial charge in [0.15, 0.2) is 5.82 Å². The Morgan fingerprint density at radius 3 is 2.59 bits per heavy atom. The van der Waals surface area contributed by atoms with Gasteiger partial charge < -0.3 is 29.8 Å². The summed E-state index contributed by atoms with van der Waals surface area (Å²) in [6.07, 6.45) is 11.4. The Balaban J connectivity index is 1.19. The van der Waals surface area contributed by atoms with Gasteiger partial charge in [-0.15, -0.1) is 0 Å². The molecule has 242 valence electrons. The fourth-order valence-corrected chi connectivity index (χ4v) is 8.54. The number of pyridine rings is 1. The molecule has 4 aromatic rings. The minimum atomic E-state index is -0.178. The van der Waals surface area contributed by atoms with Gasteiger partial charge in [-0.3, -0.25) is 9.59 Å². The van der Waals surface area contributed by atoms with Crippen LogP contribution < -0.4 is 15.8 Å². The molecule has 3 aromatic heterocycles. The molecule has 8 rings (SSSR count). The number of hydrogen-bond acceptors (Lipinski definition) is 6. The van der Waals surface area contributed by atoms with E-state index >= 15 is 0 Å². The number of carbonyl (C=O) groups is 2. The van der Waals surface area contributed by atoms with Crippen LogP contribution >= 0.6 is 0 Å². The average molecular weight is 624 g/mol. The second-order valence-corrected chi connectivity index (χ2v) is 14.3. The van der Waals surface area contributed by atoms with E-state index in [0.717, 1.165) is 116 Å². The van der Waals surface area contributed by atoms with Crippen LogP contribution in [0.1, 0.15) is 99.6 Å². The molecule has 10 heteroatoms. The largest absolute Gasteiger partial charge is 0.494 e. The Morgan fingerprint density at radius 1 is 1.04 bits per heavy atom. The van der Waals surface area contributed by atoms with Crippen LogP contribution in [0.3, 0.4) is 0 Å². The number of benzene rings is 1. The molecule has 4 bridgehead atoms. The van der Waals surface area contributed by atoms with Crippen LogP contribution in [0.5, 0.6) is 5.75 Å². The van der Waals surface area contributed by atoms with Crippen molar-refractivity contribution < 1.29 is 14.3 Å². The normalized spacial score (nSPS) is 26.1. The number of amides is 2. The maximum Gasteiger partial charge on any atom is 0.254 e. The molecule has 1 aromatic carbocycles. The molecule has 46 heavy (non-hydrogen) atoms. The first-order valence-corrected chi connectivity index (χ1v) is 17.2. The van der Waals surface area contributed by atoms with Crippen molar-refractivity contribution in [3.05, 3.63) is 41.6 Å². The van der Waals surface area contributed by atoms with E-state index < -0.39 is 0 Å². The summed E-state index contributed by atoms with van der Waals surface area (Å²) < 4.78 is 10.2. The number of aromatic nitrogens is 4. The molecular formula is C36H45N7O3. The molecule has 10 nitrogen and oxygen atoms in total. The van der Waals surface area contributed by atoms with Crippen LogP contribution in [0.2, 0.25) is 0 Å². The molecule has 6 heterocycles.